The van der Waals surface area contributed by atoms with E-state index >= 15 is 0 Å². The van der Waals surface area contributed by atoms with Gasteiger partial charge in [-0.2, -0.15) is 4.37 Å². The van der Waals surface area contributed by atoms with Crippen molar-refractivity contribution in [1.29, 1.82) is 0 Å². The Hall–Kier alpha value is -2.81. The second-order valence-corrected chi connectivity index (χ2v) is 9.56. The molecule has 0 bridgehead atoms. The summed E-state index contributed by atoms with van der Waals surface area (Å²) in [5.41, 5.74) is 0.422. The first-order valence-corrected chi connectivity index (χ1v) is 12.6. The van der Waals surface area contributed by atoms with Gasteiger partial charge in [-0.25, -0.2) is 4.39 Å². The predicted molar refractivity (Wildman–Crippen MR) is 135 cm³/mol. The molecule has 0 aliphatic carbocycles. The van der Waals surface area contributed by atoms with Crippen molar-refractivity contribution in [3.05, 3.63) is 66.0 Å². The third-order valence-corrected chi connectivity index (χ3v) is 7.38. The summed E-state index contributed by atoms with van der Waals surface area (Å²) in [5, 5.41) is 1.24. The lowest BCUT2D eigenvalue weighted by Crippen LogP contribution is -2.49. The van der Waals surface area contributed by atoms with E-state index in [0.29, 0.717) is 25.3 Å². The number of benzene rings is 2. The summed E-state index contributed by atoms with van der Waals surface area (Å²) in [6.45, 7) is 6.54. The minimum Gasteiger partial charge on any atom is -0.374 e. The number of aromatic nitrogens is 1. The molecule has 1 unspecified atom stereocenters. The first-order chi connectivity index (χ1) is 16.7. The van der Waals surface area contributed by atoms with Crippen molar-refractivity contribution in [2.45, 2.75) is 12.5 Å². The molecule has 2 saturated heterocycles. The molecule has 2 fully saturated rings. The largest absolute Gasteiger partial charge is 0.374 e. The lowest BCUT2D eigenvalue weighted by Gasteiger charge is -2.37. The molecule has 2 aliphatic heterocycles. The molecule has 3 aromatic rings. The van der Waals surface area contributed by atoms with Gasteiger partial charge < -0.3 is 14.5 Å². The Morgan fingerprint density at radius 2 is 1.88 bits per heavy atom. The smallest absolute Gasteiger partial charge is 0.246 e. The Bertz CT molecular complexity index is 1160. The zero-order valence-corrected chi connectivity index (χ0v) is 19.9. The molecule has 0 saturated carbocycles. The van der Waals surface area contributed by atoms with Crippen LogP contribution in [0.25, 0.3) is 16.2 Å². The van der Waals surface area contributed by atoms with Crippen LogP contribution in [0.5, 0.6) is 0 Å². The van der Waals surface area contributed by atoms with E-state index in [-0.39, 0.29) is 17.8 Å². The molecule has 1 atom stereocenters. The topological polar surface area (TPSA) is 48.9 Å². The molecule has 5 rings (SSSR count). The zero-order chi connectivity index (χ0) is 23.3. The summed E-state index contributed by atoms with van der Waals surface area (Å²) < 4.78 is 25.6. The summed E-state index contributed by atoms with van der Waals surface area (Å²) >= 11 is 1.57. The van der Waals surface area contributed by atoms with Crippen LogP contribution in [0.4, 0.5) is 10.2 Å². The zero-order valence-electron chi connectivity index (χ0n) is 19.1. The fourth-order valence-corrected chi connectivity index (χ4v) is 5.38. The third kappa shape index (κ3) is 5.29. The summed E-state index contributed by atoms with van der Waals surface area (Å²) in [5.74, 6) is 0.684. The average molecular weight is 481 g/mol. The first kappa shape index (κ1) is 23.0. The number of carbonyl (C=O) groups is 1. The van der Waals surface area contributed by atoms with Crippen LogP contribution >= 0.6 is 11.5 Å². The normalized spacial score (nSPS) is 19.9. The highest BCUT2D eigenvalue weighted by Crippen LogP contribution is 2.29. The SMILES string of the molecule is O=C(C=Cc1ccccc1F)N1CCOC(CCN2CCN(c3nsc4ccccc34)CC2)C1. The fourth-order valence-electron chi connectivity index (χ4n) is 4.58. The van der Waals surface area contributed by atoms with Gasteiger partial charge in [0.05, 0.1) is 17.4 Å². The number of rotatable bonds is 6. The molecule has 1 amide bonds. The Balaban J connectivity index is 1.08. The molecule has 1 aromatic heterocycles. The third-order valence-electron chi connectivity index (χ3n) is 6.56. The average Bonchev–Trinajstić information content (AvgIpc) is 3.31. The van der Waals surface area contributed by atoms with Crippen molar-refractivity contribution < 1.29 is 13.9 Å². The van der Waals surface area contributed by atoms with Crippen molar-refractivity contribution >= 4 is 39.4 Å². The van der Waals surface area contributed by atoms with E-state index in [0.717, 1.165) is 45.0 Å². The quantitative estimate of drug-likeness (QED) is 0.501. The van der Waals surface area contributed by atoms with E-state index in [2.05, 4.69) is 34.1 Å². The summed E-state index contributed by atoms with van der Waals surface area (Å²) in [6, 6.07) is 14.9. The summed E-state index contributed by atoms with van der Waals surface area (Å²) in [4.78, 5) is 19.3. The number of hydrogen-bond acceptors (Lipinski definition) is 6. The van der Waals surface area contributed by atoms with E-state index in [4.69, 9.17) is 9.11 Å². The number of nitrogens with zero attached hydrogens (tertiary/aromatic N) is 4. The van der Waals surface area contributed by atoms with Crippen LogP contribution in [0.1, 0.15) is 12.0 Å². The Kier molecular flexibility index (Phi) is 7.18. The molecule has 2 aliphatic rings. The maximum Gasteiger partial charge on any atom is 0.246 e. The van der Waals surface area contributed by atoms with E-state index in [1.807, 2.05) is 0 Å². The highest BCUT2D eigenvalue weighted by atomic mass is 32.1. The van der Waals surface area contributed by atoms with Crippen LogP contribution in [0.3, 0.4) is 0 Å². The number of halogens is 1. The van der Waals surface area contributed by atoms with Gasteiger partial charge in [0.15, 0.2) is 0 Å². The molecule has 0 N–H and O–H groups in total. The van der Waals surface area contributed by atoms with Crippen LogP contribution in [-0.4, -0.2) is 78.6 Å². The van der Waals surface area contributed by atoms with Crippen LogP contribution in [0.15, 0.2) is 54.6 Å². The number of ether oxygens (including phenoxy) is 1. The predicted octanol–water partition coefficient (Wildman–Crippen LogP) is 3.89. The standard InChI is InChI=1S/C26H29FN4O2S/c27-23-7-3-1-5-20(23)9-10-25(32)31-17-18-33-21(19-31)11-12-29-13-15-30(16-14-29)26-22-6-2-4-8-24(22)34-28-26/h1-10,21H,11-19H2. The number of carbonyl (C=O) groups excluding carboxylic acids is 1. The van der Waals surface area contributed by atoms with Crippen LogP contribution < -0.4 is 4.90 Å². The van der Waals surface area contributed by atoms with Gasteiger partial charge in [-0.3, -0.25) is 9.69 Å². The number of piperazine rings is 1. The minimum absolute atomic E-state index is 0.0278. The summed E-state index contributed by atoms with van der Waals surface area (Å²) in [7, 11) is 0. The van der Waals surface area contributed by atoms with E-state index < -0.39 is 0 Å². The van der Waals surface area contributed by atoms with Gasteiger partial charge in [-0.1, -0.05) is 30.3 Å². The molecule has 8 heteroatoms. The minimum atomic E-state index is -0.325. The van der Waals surface area contributed by atoms with E-state index in [9.17, 15) is 9.18 Å². The Morgan fingerprint density at radius 3 is 2.74 bits per heavy atom. The second kappa shape index (κ2) is 10.6. The number of anilines is 1. The van der Waals surface area contributed by atoms with Crippen molar-refractivity contribution in [2.75, 3.05) is 57.3 Å². The number of hydrogen-bond donors (Lipinski definition) is 0. The van der Waals surface area contributed by atoms with Crippen molar-refractivity contribution in [3.8, 4) is 0 Å². The van der Waals surface area contributed by atoms with Gasteiger partial charge in [-0.15, -0.1) is 0 Å². The van der Waals surface area contributed by atoms with Crippen molar-refractivity contribution in [2.24, 2.45) is 0 Å². The molecular weight excluding hydrogens is 451 g/mol. The molecule has 6 nitrogen and oxygen atoms in total. The highest BCUT2D eigenvalue weighted by molar-refractivity contribution is 7.13. The number of fused-ring (bicyclic) bond motifs is 1. The first-order valence-electron chi connectivity index (χ1n) is 11.8. The molecule has 34 heavy (non-hydrogen) atoms. The molecule has 178 valence electrons. The van der Waals surface area contributed by atoms with Gasteiger partial charge >= 0.3 is 0 Å². The van der Waals surface area contributed by atoms with Gasteiger partial charge in [0, 0.05) is 62.8 Å². The molecule has 2 aromatic carbocycles. The Labute approximate surface area is 203 Å². The molecular formula is C26H29FN4O2S. The molecule has 0 radical (unpaired) electrons. The van der Waals surface area contributed by atoms with Gasteiger partial charge in [0.2, 0.25) is 5.91 Å². The van der Waals surface area contributed by atoms with Gasteiger partial charge in [0.25, 0.3) is 0 Å². The highest BCUT2D eigenvalue weighted by Gasteiger charge is 2.25. The van der Waals surface area contributed by atoms with Crippen LogP contribution in [0.2, 0.25) is 0 Å². The maximum atomic E-state index is 13.8. The van der Waals surface area contributed by atoms with Crippen LogP contribution in [0, 0.1) is 5.82 Å². The van der Waals surface area contributed by atoms with Crippen molar-refractivity contribution in [1.82, 2.24) is 14.2 Å². The fraction of sp³-hybridized carbons (Fsp3) is 0.385. The molecule has 0 spiro atoms. The van der Waals surface area contributed by atoms with E-state index in [1.54, 1.807) is 40.7 Å². The lowest BCUT2D eigenvalue weighted by atomic mass is 10.1. The van der Waals surface area contributed by atoms with Crippen molar-refractivity contribution in [3.63, 3.8) is 0 Å². The number of morpholine rings is 1. The summed E-state index contributed by atoms with van der Waals surface area (Å²) in [6.07, 6.45) is 3.93. The van der Waals surface area contributed by atoms with E-state index in [1.165, 1.54) is 22.2 Å². The Morgan fingerprint density at radius 1 is 1.09 bits per heavy atom. The molecule has 3 heterocycles. The maximum absolute atomic E-state index is 13.8. The van der Waals surface area contributed by atoms with Gasteiger partial charge in [-0.05, 0) is 42.2 Å². The van der Waals surface area contributed by atoms with Gasteiger partial charge in [0.1, 0.15) is 11.6 Å². The lowest BCUT2D eigenvalue weighted by molar-refractivity contribution is -0.133. The van der Waals surface area contributed by atoms with Crippen LogP contribution in [-0.2, 0) is 9.53 Å². The number of amides is 1. The second-order valence-electron chi connectivity index (χ2n) is 8.75. The monoisotopic (exact) mass is 480 g/mol.